The van der Waals surface area contributed by atoms with Crippen molar-refractivity contribution in [1.29, 1.82) is 0 Å². The highest BCUT2D eigenvalue weighted by Gasteiger charge is 2.25. The third-order valence-corrected chi connectivity index (χ3v) is 4.50. The van der Waals surface area contributed by atoms with Gasteiger partial charge in [-0.1, -0.05) is 11.6 Å². The van der Waals surface area contributed by atoms with E-state index in [0.717, 1.165) is 42.3 Å². The zero-order chi connectivity index (χ0) is 13.9. The number of hydrogen-bond acceptors (Lipinski definition) is 3. The Morgan fingerprint density at radius 3 is 2.70 bits per heavy atom. The maximum Gasteiger partial charge on any atom is 0.164 e. The summed E-state index contributed by atoms with van der Waals surface area (Å²) in [6, 6.07) is 4.40. The molecule has 1 N–H and O–H groups in total. The SMILES string of the molecule is COc1cc(Cl)cc(CC2CCCN2)c1OC1CCC1. The Kier molecular flexibility index (Phi) is 4.37. The molecule has 4 heteroatoms. The average Bonchev–Trinajstić information content (AvgIpc) is 2.87. The first-order valence-corrected chi connectivity index (χ1v) is 7.90. The smallest absolute Gasteiger partial charge is 0.164 e. The van der Waals surface area contributed by atoms with E-state index >= 15 is 0 Å². The molecule has 1 saturated carbocycles. The van der Waals surface area contributed by atoms with E-state index in [9.17, 15) is 0 Å². The van der Waals surface area contributed by atoms with E-state index in [1.807, 2.05) is 12.1 Å². The molecule has 1 aliphatic heterocycles. The monoisotopic (exact) mass is 295 g/mol. The Bertz CT molecular complexity index is 468. The van der Waals surface area contributed by atoms with E-state index in [1.54, 1.807) is 7.11 Å². The molecule has 0 amide bonds. The molecule has 3 rings (SSSR count). The van der Waals surface area contributed by atoms with Crippen LogP contribution in [0.5, 0.6) is 11.5 Å². The Labute approximate surface area is 125 Å². The Hall–Kier alpha value is -0.930. The lowest BCUT2D eigenvalue weighted by molar-refractivity contribution is 0.114. The minimum Gasteiger partial charge on any atom is -0.493 e. The average molecular weight is 296 g/mol. The summed E-state index contributed by atoms with van der Waals surface area (Å²) in [7, 11) is 1.68. The van der Waals surface area contributed by atoms with Crippen LogP contribution in [0, 0.1) is 0 Å². The summed E-state index contributed by atoms with van der Waals surface area (Å²) in [6.45, 7) is 1.11. The molecule has 1 aliphatic carbocycles. The number of halogens is 1. The van der Waals surface area contributed by atoms with Gasteiger partial charge in [-0.15, -0.1) is 0 Å². The van der Waals surface area contributed by atoms with Crippen molar-refractivity contribution in [1.82, 2.24) is 5.32 Å². The molecular formula is C16H22ClNO2. The van der Waals surface area contributed by atoms with Gasteiger partial charge < -0.3 is 14.8 Å². The Morgan fingerprint density at radius 2 is 2.10 bits per heavy atom. The van der Waals surface area contributed by atoms with E-state index in [-0.39, 0.29) is 0 Å². The number of benzene rings is 1. The van der Waals surface area contributed by atoms with Crippen LogP contribution in [0.2, 0.25) is 5.02 Å². The number of hydrogen-bond donors (Lipinski definition) is 1. The predicted octanol–water partition coefficient (Wildman–Crippen LogP) is 3.57. The van der Waals surface area contributed by atoms with Crippen molar-refractivity contribution in [3.63, 3.8) is 0 Å². The first-order chi connectivity index (χ1) is 9.76. The topological polar surface area (TPSA) is 30.5 Å². The van der Waals surface area contributed by atoms with Crippen LogP contribution in [0.1, 0.15) is 37.7 Å². The van der Waals surface area contributed by atoms with E-state index in [0.29, 0.717) is 12.1 Å². The molecule has 2 aliphatic rings. The second kappa shape index (κ2) is 6.23. The van der Waals surface area contributed by atoms with Crippen LogP contribution in [-0.2, 0) is 6.42 Å². The van der Waals surface area contributed by atoms with E-state index in [2.05, 4.69) is 5.32 Å². The maximum atomic E-state index is 6.21. The number of ether oxygens (including phenoxy) is 2. The first-order valence-electron chi connectivity index (χ1n) is 7.52. The number of methoxy groups -OCH3 is 1. The molecule has 1 saturated heterocycles. The summed E-state index contributed by atoms with van der Waals surface area (Å²) in [5, 5.41) is 4.25. The van der Waals surface area contributed by atoms with Crippen LogP contribution in [0.25, 0.3) is 0 Å². The third-order valence-electron chi connectivity index (χ3n) is 4.28. The lowest BCUT2D eigenvalue weighted by atomic mass is 9.95. The van der Waals surface area contributed by atoms with Crippen molar-refractivity contribution >= 4 is 11.6 Å². The maximum absolute atomic E-state index is 6.21. The Morgan fingerprint density at radius 1 is 1.25 bits per heavy atom. The van der Waals surface area contributed by atoms with Crippen molar-refractivity contribution in [2.45, 2.75) is 50.7 Å². The number of rotatable bonds is 5. The molecule has 110 valence electrons. The van der Waals surface area contributed by atoms with Gasteiger partial charge in [-0.3, -0.25) is 0 Å². The van der Waals surface area contributed by atoms with Crippen LogP contribution in [-0.4, -0.2) is 25.8 Å². The summed E-state index contributed by atoms with van der Waals surface area (Å²) < 4.78 is 11.6. The Balaban J connectivity index is 1.85. The summed E-state index contributed by atoms with van der Waals surface area (Å²) in [4.78, 5) is 0. The van der Waals surface area contributed by atoms with Gasteiger partial charge in [0.15, 0.2) is 11.5 Å². The molecule has 1 unspecified atom stereocenters. The van der Waals surface area contributed by atoms with Gasteiger partial charge in [0, 0.05) is 22.7 Å². The molecule has 0 aromatic heterocycles. The van der Waals surface area contributed by atoms with Crippen LogP contribution in [0.4, 0.5) is 0 Å². The van der Waals surface area contributed by atoms with E-state index < -0.39 is 0 Å². The van der Waals surface area contributed by atoms with Gasteiger partial charge in [-0.05, 0) is 51.1 Å². The zero-order valence-electron chi connectivity index (χ0n) is 12.0. The standard InChI is InChI=1S/C16H22ClNO2/c1-19-15-10-12(17)8-11(9-13-4-3-7-18-13)16(15)20-14-5-2-6-14/h8,10,13-14,18H,2-7,9H2,1H3. The predicted molar refractivity (Wildman–Crippen MR) is 81.0 cm³/mol. The number of nitrogens with one attached hydrogen (secondary N) is 1. The minimum atomic E-state index is 0.348. The molecule has 1 atom stereocenters. The van der Waals surface area contributed by atoms with Crippen molar-refractivity contribution in [2.75, 3.05) is 13.7 Å². The van der Waals surface area contributed by atoms with E-state index in [1.165, 1.54) is 24.8 Å². The highest BCUT2D eigenvalue weighted by Crippen LogP contribution is 2.38. The largest absolute Gasteiger partial charge is 0.493 e. The van der Waals surface area contributed by atoms with Gasteiger partial charge in [-0.2, -0.15) is 0 Å². The molecule has 3 nitrogen and oxygen atoms in total. The molecule has 20 heavy (non-hydrogen) atoms. The summed E-state index contributed by atoms with van der Waals surface area (Å²) in [5.41, 5.74) is 1.17. The fourth-order valence-corrected chi connectivity index (χ4v) is 3.14. The van der Waals surface area contributed by atoms with Crippen LogP contribution < -0.4 is 14.8 Å². The summed E-state index contributed by atoms with van der Waals surface area (Å²) in [5.74, 6) is 1.66. The fraction of sp³-hybridized carbons (Fsp3) is 0.625. The second-order valence-electron chi connectivity index (χ2n) is 5.76. The lowest BCUT2D eigenvalue weighted by Crippen LogP contribution is -2.27. The van der Waals surface area contributed by atoms with Crippen molar-refractivity contribution in [3.05, 3.63) is 22.7 Å². The molecule has 1 aromatic rings. The van der Waals surface area contributed by atoms with E-state index in [4.69, 9.17) is 21.1 Å². The summed E-state index contributed by atoms with van der Waals surface area (Å²) in [6.07, 6.45) is 7.33. The summed E-state index contributed by atoms with van der Waals surface area (Å²) >= 11 is 6.21. The molecule has 2 fully saturated rings. The van der Waals surface area contributed by atoms with Gasteiger partial charge >= 0.3 is 0 Å². The third kappa shape index (κ3) is 3.04. The van der Waals surface area contributed by atoms with Crippen molar-refractivity contribution in [2.24, 2.45) is 0 Å². The quantitative estimate of drug-likeness (QED) is 0.901. The molecule has 0 spiro atoms. The molecule has 0 radical (unpaired) electrons. The first kappa shape index (κ1) is 14.0. The van der Waals surface area contributed by atoms with Gasteiger partial charge in [0.2, 0.25) is 0 Å². The van der Waals surface area contributed by atoms with Gasteiger partial charge in [0.05, 0.1) is 13.2 Å². The molecule has 1 aromatic carbocycles. The molecule has 0 bridgehead atoms. The minimum absolute atomic E-state index is 0.348. The van der Waals surface area contributed by atoms with Gasteiger partial charge in [0.1, 0.15) is 0 Å². The fourth-order valence-electron chi connectivity index (χ4n) is 2.91. The molecular weight excluding hydrogens is 274 g/mol. The van der Waals surface area contributed by atoms with Gasteiger partial charge in [0.25, 0.3) is 0 Å². The van der Waals surface area contributed by atoms with Crippen LogP contribution in [0.15, 0.2) is 12.1 Å². The van der Waals surface area contributed by atoms with Gasteiger partial charge in [-0.25, -0.2) is 0 Å². The normalized spacial score (nSPS) is 22.6. The zero-order valence-corrected chi connectivity index (χ0v) is 12.7. The van der Waals surface area contributed by atoms with Crippen LogP contribution in [0.3, 0.4) is 0 Å². The van der Waals surface area contributed by atoms with Crippen LogP contribution >= 0.6 is 11.6 Å². The second-order valence-corrected chi connectivity index (χ2v) is 6.20. The highest BCUT2D eigenvalue weighted by molar-refractivity contribution is 6.30. The van der Waals surface area contributed by atoms with Crippen molar-refractivity contribution in [3.8, 4) is 11.5 Å². The van der Waals surface area contributed by atoms with Crippen molar-refractivity contribution < 1.29 is 9.47 Å². The molecule has 1 heterocycles. The lowest BCUT2D eigenvalue weighted by Gasteiger charge is -2.29. The highest BCUT2D eigenvalue weighted by atomic mass is 35.5.